The number of anilines is 1. The van der Waals surface area contributed by atoms with E-state index in [1.54, 1.807) is 12.3 Å². The molecule has 2 aliphatic heterocycles. The number of hydrogen-bond acceptors (Lipinski definition) is 12. The molecule has 362 valence electrons. The van der Waals surface area contributed by atoms with Crippen molar-refractivity contribution >= 4 is 70.4 Å². The molecule has 6 heterocycles. The van der Waals surface area contributed by atoms with E-state index in [0.29, 0.717) is 40.2 Å². The maximum atomic E-state index is 12.6. The molecule has 2 aromatic carbocycles. The lowest BCUT2D eigenvalue weighted by Gasteiger charge is -2.29. The first-order chi connectivity index (χ1) is 32.5. The number of aromatic nitrogens is 6. The Bertz CT molecular complexity index is 2900. The Morgan fingerprint density at radius 1 is 0.706 bits per heavy atom. The van der Waals surface area contributed by atoms with Gasteiger partial charge in [-0.1, -0.05) is 18.2 Å². The van der Waals surface area contributed by atoms with E-state index in [1.165, 1.54) is 62.2 Å². The average molecular weight is 1070 g/mol. The zero-order chi connectivity index (χ0) is 48.3. The number of nitrogens with two attached hydrogens (primary N) is 1. The van der Waals surface area contributed by atoms with Crippen LogP contribution in [0.2, 0.25) is 0 Å². The summed E-state index contributed by atoms with van der Waals surface area (Å²) in [5.74, 6) is 2.27. The van der Waals surface area contributed by atoms with Crippen LogP contribution in [0.25, 0.3) is 33.8 Å². The molecule has 6 aromatic rings. The summed E-state index contributed by atoms with van der Waals surface area (Å²) in [6.07, 6.45) is 14.8. The first kappa shape index (κ1) is 49.8. The summed E-state index contributed by atoms with van der Waals surface area (Å²) >= 11 is 6.84. The van der Waals surface area contributed by atoms with E-state index < -0.39 is 9.84 Å². The number of carbonyl (C=O) groups is 2. The van der Waals surface area contributed by atoms with Crippen LogP contribution in [-0.4, -0.2) is 125 Å². The Balaban J connectivity index is 0.000000157. The van der Waals surface area contributed by atoms with Crippen molar-refractivity contribution in [2.24, 2.45) is 23.5 Å². The molecule has 4 aromatic heterocycles. The maximum Gasteiger partial charge on any atom is 0.251 e. The Morgan fingerprint density at radius 2 is 1.24 bits per heavy atom. The molecule has 1 amide bonds. The standard InChI is InChI=1S/C25H30BrN5O.C18H17BrN4O3S.C7H16N2/c1-16-11-19(5-6-20(16)23(32)12-17-3-4-17)22-15-28-25-21(13-24(26)29-31(22)25)27-14-18-7-9-30(2)10-8-18;1-10-7-11(3-6-13(10)18(24)21-12-4-5-12)14-9-20-17-15(27(2,25)26)8-16(19)22-23(14)17;1-9-4-2-7(6-8)3-5-9/h5-6,11,13,15,17-18,27H,3-4,7-10,12,14H2,1-2H3;3,6-9,12H,4-5H2,1-2H3,(H,21,24);7H,2-6,8H2,1H3. The highest BCUT2D eigenvalue weighted by atomic mass is 79.9. The lowest BCUT2D eigenvalue weighted by molar-refractivity contribution is 0.0948. The molecule has 0 unspecified atom stereocenters. The van der Waals surface area contributed by atoms with E-state index in [2.05, 4.69) is 92.6 Å². The van der Waals surface area contributed by atoms with Crippen molar-refractivity contribution in [1.82, 2.24) is 44.3 Å². The van der Waals surface area contributed by atoms with Gasteiger partial charge < -0.3 is 26.2 Å². The first-order valence-corrected chi connectivity index (χ1v) is 27.2. The third-order valence-corrected chi connectivity index (χ3v) is 15.4. The summed E-state index contributed by atoms with van der Waals surface area (Å²) in [5.41, 5.74) is 14.3. The molecule has 4 fully saturated rings. The van der Waals surface area contributed by atoms with Gasteiger partial charge in [-0.2, -0.15) is 10.2 Å². The van der Waals surface area contributed by atoms with Gasteiger partial charge in [0.05, 0.1) is 29.5 Å². The Morgan fingerprint density at radius 3 is 1.76 bits per heavy atom. The Labute approximate surface area is 416 Å². The highest BCUT2D eigenvalue weighted by Crippen LogP contribution is 2.35. The summed E-state index contributed by atoms with van der Waals surface area (Å²) in [6, 6.07) is 15.3. The van der Waals surface area contributed by atoms with Crippen molar-refractivity contribution < 1.29 is 18.0 Å². The topological polar surface area (TPSA) is 185 Å². The number of nitrogens with zero attached hydrogens (tertiary/aromatic N) is 8. The van der Waals surface area contributed by atoms with E-state index in [9.17, 15) is 18.0 Å². The lowest BCUT2D eigenvalue weighted by Crippen LogP contribution is -2.33. The summed E-state index contributed by atoms with van der Waals surface area (Å²) < 4.78 is 28.7. The number of benzene rings is 2. The highest BCUT2D eigenvalue weighted by molar-refractivity contribution is 9.10. The second-order valence-electron chi connectivity index (χ2n) is 19.2. The second-order valence-corrected chi connectivity index (χ2v) is 22.8. The summed E-state index contributed by atoms with van der Waals surface area (Å²) in [6.45, 7) is 10.5. The van der Waals surface area contributed by atoms with Gasteiger partial charge in [0.2, 0.25) is 0 Å². The number of Topliss-reactive ketones (excluding diaryl/α,β-unsaturated/α-hetero) is 1. The van der Waals surface area contributed by atoms with Gasteiger partial charge in [-0.25, -0.2) is 27.4 Å². The van der Waals surface area contributed by atoms with Crippen LogP contribution < -0.4 is 16.4 Å². The highest BCUT2D eigenvalue weighted by Gasteiger charge is 2.27. The van der Waals surface area contributed by atoms with Crippen molar-refractivity contribution in [3.8, 4) is 22.5 Å². The molecule has 2 aliphatic carbocycles. The zero-order valence-corrected chi connectivity index (χ0v) is 43.6. The van der Waals surface area contributed by atoms with Crippen molar-refractivity contribution in [2.45, 2.75) is 82.6 Å². The van der Waals surface area contributed by atoms with Crippen LogP contribution in [-0.2, 0) is 9.84 Å². The maximum absolute atomic E-state index is 12.6. The molecule has 4 aliphatic rings. The monoisotopic (exact) mass is 1070 g/mol. The van der Waals surface area contributed by atoms with Gasteiger partial charge in [0.15, 0.2) is 26.9 Å². The van der Waals surface area contributed by atoms with E-state index in [-0.39, 0.29) is 22.2 Å². The van der Waals surface area contributed by atoms with Gasteiger partial charge in [0.25, 0.3) is 5.91 Å². The minimum atomic E-state index is -3.46. The van der Waals surface area contributed by atoms with Gasteiger partial charge >= 0.3 is 0 Å². The largest absolute Gasteiger partial charge is 0.382 e. The third kappa shape index (κ3) is 12.4. The molecule has 15 nitrogen and oxygen atoms in total. The predicted molar refractivity (Wildman–Crippen MR) is 275 cm³/mol. The van der Waals surface area contributed by atoms with Crippen LogP contribution >= 0.6 is 31.9 Å². The fourth-order valence-corrected chi connectivity index (χ4v) is 10.6. The van der Waals surface area contributed by atoms with E-state index in [1.807, 2.05) is 54.9 Å². The third-order valence-electron chi connectivity index (χ3n) is 13.5. The van der Waals surface area contributed by atoms with Gasteiger partial charge in [-0.15, -0.1) is 0 Å². The Hall–Kier alpha value is -4.59. The van der Waals surface area contributed by atoms with Crippen LogP contribution in [0.1, 0.15) is 89.6 Å². The Kier molecular flexibility index (Phi) is 15.8. The molecule has 68 heavy (non-hydrogen) atoms. The normalized spacial score (nSPS) is 17.4. The molecular weight excluding hydrogens is 1010 g/mol. The quantitative estimate of drug-likeness (QED) is 0.0999. The molecule has 2 saturated carbocycles. The number of amides is 1. The number of carbonyl (C=O) groups excluding carboxylic acids is 2. The zero-order valence-electron chi connectivity index (χ0n) is 39.6. The van der Waals surface area contributed by atoms with E-state index in [4.69, 9.17) is 5.73 Å². The SMILES string of the molecule is CN1CCC(CN)CC1.Cc1cc(-c2cnc3c(NCC4CCN(C)CC4)cc(Br)nn23)ccc1C(=O)CC1CC1.Cc1cc(-c2cnc3c(S(C)(=O)=O)cc(Br)nn23)ccc1C(=O)NC1CC1. The van der Waals surface area contributed by atoms with Crippen LogP contribution in [0.4, 0.5) is 5.69 Å². The van der Waals surface area contributed by atoms with Crippen molar-refractivity contribution in [1.29, 1.82) is 0 Å². The van der Waals surface area contributed by atoms with Crippen molar-refractivity contribution in [3.63, 3.8) is 0 Å². The van der Waals surface area contributed by atoms with Crippen LogP contribution in [0.5, 0.6) is 0 Å². The molecule has 0 spiro atoms. The fraction of sp³-hybridized carbons (Fsp3) is 0.480. The molecule has 2 saturated heterocycles. The molecule has 0 bridgehead atoms. The molecule has 18 heteroatoms. The summed E-state index contributed by atoms with van der Waals surface area (Å²) in [7, 11) is 0.906. The molecule has 10 rings (SSSR count). The lowest BCUT2D eigenvalue weighted by atomic mass is 9.97. The van der Waals surface area contributed by atoms with E-state index >= 15 is 0 Å². The summed E-state index contributed by atoms with van der Waals surface area (Å²) in [5, 5.41) is 15.6. The first-order valence-electron chi connectivity index (χ1n) is 23.7. The number of likely N-dealkylation sites (tertiary alicyclic amines) is 2. The number of fused-ring (bicyclic) bond motifs is 2. The molecule has 0 atom stereocenters. The summed E-state index contributed by atoms with van der Waals surface area (Å²) in [4.78, 5) is 38.7. The van der Waals surface area contributed by atoms with E-state index in [0.717, 1.165) is 101 Å². The van der Waals surface area contributed by atoms with Gasteiger partial charge in [0, 0.05) is 47.5 Å². The number of hydrogen-bond donors (Lipinski definition) is 3. The van der Waals surface area contributed by atoms with Crippen molar-refractivity contribution in [2.75, 3.05) is 64.9 Å². The number of aryl methyl sites for hydroxylation is 2. The van der Waals surface area contributed by atoms with Crippen LogP contribution in [0.3, 0.4) is 0 Å². The number of nitrogens with one attached hydrogen (secondary N) is 2. The number of rotatable bonds is 12. The second kappa shape index (κ2) is 21.6. The van der Waals surface area contributed by atoms with Crippen LogP contribution in [0, 0.1) is 31.6 Å². The minimum Gasteiger partial charge on any atom is -0.382 e. The molecule has 0 radical (unpaired) electrons. The number of imidazole rings is 2. The van der Waals surface area contributed by atoms with Gasteiger partial charge in [-0.3, -0.25) is 9.59 Å². The van der Waals surface area contributed by atoms with Gasteiger partial charge in [-0.05, 0) is 203 Å². The number of piperidine rings is 2. The molecule has 4 N–H and O–H groups in total. The fourth-order valence-electron chi connectivity index (χ4n) is 8.86. The van der Waals surface area contributed by atoms with Gasteiger partial charge in [0.1, 0.15) is 14.1 Å². The van der Waals surface area contributed by atoms with Crippen molar-refractivity contribution in [3.05, 3.63) is 92.4 Å². The number of sulfone groups is 1. The van der Waals surface area contributed by atoms with Crippen LogP contribution in [0.15, 0.2) is 75.0 Å². The number of ketones is 1. The average Bonchev–Trinajstić information content (AvgIpc) is 4.22. The minimum absolute atomic E-state index is 0.0695. The number of halogens is 2. The smallest absolute Gasteiger partial charge is 0.251 e. The molecular formula is C50H63Br2N11O4S. The predicted octanol–water partition coefficient (Wildman–Crippen LogP) is 8.25.